The Balaban J connectivity index is 2.74. The minimum Gasteiger partial charge on any atom is -0.359 e. The molecule has 0 radical (unpaired) electrons. The van der Waals surface area contributed by atoms with Crippen LogP contribution in [-0.2, 0) is 11.2 Å². The van der Waals surface area contributed by atoms with Gasteiger partial charge < -0.3 is 16.2 Å². The molecule has 0 fully saturated rings. The van der Waals surface area contributed by atoms with Crippen LogP contribution < -0.4 is 16.2 Å². The van der Waals surface area contributed by atoms with Crippen LogP contribution in [0.2, 0.25) is 0 Å². The number of aryl methyl sites for hydroxylation is 1. The Kier molecular flexibility index (Phi) is 4.39. The lowest BCUT2D eigenvalue weighted by Crippen LogP contribution is -2.20. The van der Waals surface area contributed by atoms with Crippen molar-refractivity contribution in [3.05, 3.63) is 42.1 Å². The molecule has 0 aliphatic heterocycles. The van der Waals surface area contributed by atoms with E-state index in [4.69, 9.17) is 0 Å². The molecule has 0 aliphatic carbocycles. The molecule has 0 unspecified atom stereocenters. The molecule has 0 aromatic heterocycles. The van der Waals surface area contributed by atoms with Crippen molar-refractivity contribution in [2.45, 2.75) is 13.3 Å². The van der Waals surface area contributed by atoms with E-state index < -0.39 is 0 Å². The number of hydrazine groups is 1. The largest absolute Gasteiger partial charge is 0.359 e. The highest BCUT2D eigenvalue weighted by Crippen LogP contribution is 2.15. The number of likely N-dealkylation sites (N-methyl/N-ethyl adjacent to an activating group) is 1. The van der Waals surface area contributed by atoms with Gasteiger partial charge in [0.05, 0.1) is 12.1 Å². The van der Waals surface area contributed by atoms with E-state index in [2.05, 4.69) is 22.7 Å². The Morgan fingerprint density at radius 1 is 1.50 bits per heavy atom. The van der Waals surface area contributed by atoms with E-state index in [0.29, 0.717) is 6.42 Å². The van der Waals surface area contributed by atoms with Crippen molar-refractivity contribution in [1.82, 2.24) is 10.7 Å². The second-order valence-corrected chi connectivity index (χ2v) is 3.47. The molecule has 1 aromatic rings. The molecule has 1 amide bonds. The number of benzene rings is 1. The average molecular weight is 219 g/mol. The standard InChI is InChI=1S/C12H17N3O/c1-4-14-15-11-6-5-10(7-9(11)2)8-12(16)13-3/h4-7,14-15H,1,8H2,2-3H3,(H,13,16). The van der Waals surface area contributed by atoms with E-state index in [1.165, 1.54) is 0 Å². The van der Waals surface area contributed by atoms with Gasteiger partial charge in [0.2, 0.25) is 5.91 Å². The van der Waals surface area contributed by atoms with Crippen LogP contribution in [-0.4, -0.2) is 13.0 Å². The normalized spacial score (nSPS) is 9.38. The molecule has 4 heteroatoms. The molecule has 0 spiro atoms. The number of nitrogens with one attached hydrogen (secondary N) is 3. The molecule has 4 nitrogen and oxygen atoms in total. The van der Waals surface area contributed by atoms with Crippen LogP contribution in [0.4, 0.5) is 5.69 Å². The molecule has 3 N–H and O–H groups in total. The van der Waals surface area contributed by atoms with Crippen molar-refractivity contribution in [2.75, 3.05) is 12.5 Å². The lowest BCUT2D eigenvalue weighted by atomic mass is 10.1. The van der Waals surface area contributed by atoms with Crippen molar-refractivity contribution in [2.24, 2.45) is 0 Å². The number of hydrogen-bond donors (Lipinski definition) is 3. The summed E-state index contributed by atoms with van der Waals surface area (Å²) in [5, 5.41) is 2.60. The van der Waals surface area contributed by atoms with E-state index in [1.54, 1.807) is 13.2 Å². The monoisotopic (exact) mass is 219 g/mol. The highest BCUT2D eigenvalue weighted by atomic mass is 16.1. The Bertz CT molecular complexity index is 388. The molecular formula is C12H17N3O. The summed E-state index contributed by atoms with van der Waals surface area (Å²) in [6.45, 7) is 5.53. The lowest BCUT2D eigenvalue weighted by Gasteiger charge is -2.10. The van der Waals surface area contributed by atoms with Gasteiger partial charge in [-0.2, -0.15) is 0 Å². The number of carbonyl (C=O) groups excluding carboxylic acids is 1. The topological polar surface area (TPSA) is 53.2 Å². The van der Waals surface area contributed by atoms with Crippen molar-refractivity contribution < 1.29 is 4.79 Å². The molecule has 1 rings (SSSR count). The molecular weight excluding hydrogens is 202 g/mol. The summed E-state index contributed by atoms with van der Waals surface area (Å²) in [5.74, 6) is 0.0179. The molecule has 0 bridgehead atoms. The lowest BCUT2D eigenvalue weighted by molar-refractivity contribution is -0.119. The number of carbonyl (C=O) groups is 1. The van der Waals surface area contributed by atoms with Crippen LogP contribution in [0.25, 0.3) is 0 Å². The number of amides is 1. The SMILES string of the molecule is C=CNNc1ccc(CC(=O)NC)cc1C. The van der Waals surface area contributed by atoms with Gasteiger partial charge in [-0.3, -0.25) is 4.79 Å². The Morgan fingerprint density at radius 3 is 2.81 bits per heavy atom. The number of anilines is 1. The van der Waals surface area contributed by atoms with Crippen LogP contribution in [0.15, 0.2) is 31.0 Å². The molecule has 0 saturated heterocycles. The fourth-order valence-electron chi connectivity index (χ4n) is 1.38. The highest BCUT2D eigenvalue weighted by Gasteiger charge is 2.03. The van der Waals surface area contributed by atoms with Crippen LogP contribution in [0.1, 0.15) is 11.1 Å². The fourth-order valence-corrected chi connectivity index (χ4v) is 1.38. The van der Waals surface area contributed by atoms with Crippen LogP contribution in [0.5, 0.6) is 0 Å². The second-order valence-electron chi connectivity index (χ2n) is 3.47. The Morgan fingerprint density at radius 2 is 2.25 bits per heavy atom. The summed E-state index contributed by atoms with van der Waals surface area (Å²) < 4.78 is 0. The molecule has 1 aromatic carbocycles. The summed E-state index contributed by atoms with van der Waals surface area (Å²) >= 11 is 0. The first-order valence-electron chi connectivity index (χ1n) is 5.10. The zero-order valence-corrected chi connectivity index (χ0v) is 9.63. The van der Waals surface area contributed by atoms with Gasteiger partial charge in [-0.1, -0.05) is 18.7 Å². The van der Waals surface area contributed by atoms with Crippen LogP contribution in [0, 0.1) is 6.92 Å². The van der Waals surface area contributed by atoms with Gasteiger partial charge in [0.1, 0.15) is 0 Å². The molecule has 0 heterocycles. The van der Waals surface area contributed by atoms with Gasteiger partial charge in [-0.25, -0.2) is 0 Å². The number of hydrogen-bond acceptors (Lipinski definition) is 3. The summed E-state index contributed by atoms with van der Waals surface area (Å²) in [6, 6.07) is 5.85. The zero-order chi connectivity index (χ0) is 12.0. The van der Waals surface area contributed by atoms with Crippen LogP contribution >= 0.6 is 0 Å². The van der Waals surface area contributed by atoms with Gasteiger partial charge >= 0.3 is 0 Å². The van der Waals surface area contributed by atoms with Gasteiger partial charge in [0, 0.05) is 13.2 Å². The van der Waals surface area contributed by atoms with Crippen molar-refractivity contribution >= 4 is 11.6 Å². The van der Waals surface area contributed by atoms with Crippen molar-refractivity contribution in [3.8, 4) is 0 Å². The summed E-state index contributed by atoms with van der Waals surface area (Å²) in [7, 11) is 1.64. The first-order valence-corrected chi connectivity index (χ1v) is 5.10. The second kappa shape index (κ2) is 5.80. The quantitative estimate of drug-likeness (QED) is 0.655. The van der Waals surface area contributed by atoms with E-state index in [1.807, 2.05) is 25.1 Å². The molecule has 0 atom stereocenters. The highest BCUT2D eigenvalue weighted by molar-refractivity contribution is 5.78. The number of rotatable bonds is 5. The van der Waals surface area contributed by atoms with Crippen molar-refractivity contribution in [3.63, 3.8) is 0 Å². The van der Waals surface area contributed by atoms with E-state index in [0.717, 1.165) is 16.8 Å². The van der Waals surface area contributed by atoms with E-state index in [9.17, 15) is 4.79 Å². The maximum absolute atomic E-state index is 11.2. The maximum atomic E-state index is 11.2. The van der Waals surface area contributed by atoms with Crippen molar-refractivity contribution in [1.29, 1.82) is 0 Å². The van der Waals surface area contributed by atoms with Gasteiger partial charge in [0.15, 0.2) is 0 Å². The van der Waals surface area contributed by atoms with E-state index >= 15 is 0 Å². The third-order valence-electron chi connectivity index (χ3n) is 2.24. The smallest absolute Gasteiger partial charge is 0.224 e. The minimum atomic E-state index is 0.0179. The molecule has 0 aliphatic rings. The zero-order valence-electron chi connectivity index (χ0n) is 9.63. The minimum absolute atomic E-state index is 0.0179. The van der Waals surface area contributed by atoms with Gasteiger partial charge in [0.25, 0.3) is 0 Å². The summed E-state index contributed by atoms with van der Waals surface area (Å²) in [6.07, 6.45) is 1.98. The third-order valence-corrected chi connectivity index (χ3v) is 2.24. The fraction of sp³-hybridized carbons (Fsp3) is 0.250. The first kappa shape index (κ1) is 12.1. The third kappa shape index (κ3) is 3.31. The predicted molar refractivity (Wildman–Crippen MR) is 65.9 cm³/mol. The first-order chi connectivity index (χ1) is 7.67. The summed E-state index contributed by atoms with van der Waals surface area (Å²) in [5.41, 5.74) is 8.85. The van der Waals surface area contributed by atoms with Crippen LogP contribution in [0.3, 0.4) is 0 Å². The molecule has 16 heavy (non-hydrogen) atoms. The molecule has 0 saturated carbocycles. The average Bonchev–Trinajstić information content (AvgIpc) is 2.28. The Labute approximate surface area is 95.7 Å². The maximum Gasteiger partial charge on any atom is 0.224 e. The van der Waals surface area contributed by atoms with Gasteiger partial charge in [-0.15, -0.1) is 0 Å². The van der Waals surface area contributed by atoms with E-state index in [-0.39, 0.29) is 5.91 Å². The summed E-state index contributed by atoms with van der Waals surface area (Å²) in [4.78, 5) is 11.2. The Hall–Kier alpha value is -1.97. The van der Waals surface area contributed by atoms with Gasteiger partial charge in [-0.05, 0) is 24.1 Å². The molecule has 86 valence electrons. The predicted octanol–water partition coefficient (Wildman–Crippen LogP) is 1.34.